The molecule has 0 spiro atoms. The molecule has 0 aliphatic carbocycles. The third-order valence-corrected chi connectivity index (χ3v) is 6.08. The summed E-state index contributed by atoms with van der Waals surface area (Å²) in [6.45, 7) is 4.77. The molecule has 0 aliphatic rings. The highest BCUT2D eigenvalue weighted by Gasteiger charge is 2.38. The Labute approximate surface area is 113 Å². The van der Waals surface area contributed by atoms with Gasteiger partial charge in [-0.05, 0) is 20.8 Å². The molecule has 0 bridgehead atoms. The summed E-state index contributed by atoms with van der Waals surface area (Å²) in [6.07, 6.45) is 0.225. The van der Waals surface area contributed by atoms with Crippen LogP contribution in [0, 0.1) is 6.92 Å². The van der Waals surface area contributed by atoms with Crippen molar-refractivity contribution in [2.75, 3.05) is 6.26 Å². The molecule has 0 fully saturated rings. The van der Waals surface area contributed by atoms with E-state index in [2.05, 4.69) is 5.10 Å². The second kappa shape index (κ2) is 4.83. The number of sulfone groups is 1. The molecule has 0 aromatic carbocycles. The van der Waals surface area contributed by atoms with Gasteiger partial charge in [0, 0.05) is 19.7 Å². The molecule has 1 heterocycles. The van der Waals surface area contributed by atoms with Crippen LogP contribution in [0.4, 0.5) is 0 Å². The number of rotatable bonds is 4. The maximum atomic E-state index is 11.6. The van der Waals surface area contributed by atoms with E-state index in [9.17, 15) is 13.5 Å². The van der Waals surface area contributed by atoms with Gasteiger partial charge in [0.2, 0.25) is 0 Å². The smallest absolute Gasteiger partial charge is 0.155 e. The lowest BCUT2D eigenvalue weighted by Gasteiger charge is -2.28. The van der Waals surface area contributed by atoms with Crippen LogP contribution in [-0.2, 0) is 23.3 Å². The first-order valence-corrected chi connectivity index (χ1v) is 7.81. The maximum Gasteiger partial charge on any atom is 0.155 e. The van der Waals surface area contributed by atoms with Crippen molar-refractivity contribution in [3.63, 3.8) is 0 Å². The van der Waals surface area contributed by atoms with Crippen molar-refractivity contribution in [3.05, 3.63) is 16.4 Å². The highest BCUT2D eigenvalue weighted by Crippen LogP contribution is 2.27. The number of aliphatic hydroxyl groups is 1. The van der Waals surface area contributed by atoms with Crippen LogP contribution in [0.5, 0.6) is 0 Å². The predicted molar refractivity (Wildman–Crippen MR) is 71.6 cm³/mol. The monoisotopic (exact) mass is 294 g/mol. The number of nitrogens with zero attached hydrogens (tertiary/aromatic N) is 2. The zero-order chi connectivity index (χ0) is 14.3. The van der Waals surface area contributed by atoms with Crippen molar-refractivity contribution >= 4 is 21.4 Å². The van der Waals surface area contributed by atoms with Gasteiger partial charge in [0.25, 0.3) is 0 Å². The summed E-state index contributed by atoms with van der Waals surface area (Å²) in [7, 11) is -1.65. The number of hydrogen-bond acceptors (Lipinski definition) is 4. The van der Waals surface area contributed by atoms with Gasteiger partial charge >= 0.3 is 0 Å². The molecular weight excluding hydrogens is 276 g/mol. The number of halogens is 1. The van der Waals surface area contributed by atoms with E-state index in [0.717, 1.165) is 6.26 Å². The molecule has 0 amide bonds. The minimum Gasteiger partial charge on any atom is -0.391 e. The average Bonchev–Trinajstić information content (AvgIpc) is 2.43. The van der Waals surface area contributed by atoms with E-state index in [1.54, 1.807) is 18.7 Å². The van der Waals surface area contributed by atoms with Gasteiger partial charge in [-0.3, -0.25) is 4.68 Å². The van der Waals surface area contributed by atoms with E-state index in [1.807, 2.05) is 0 Å². The molecule has 1 unspecified atom stereocenters. The van der Waals surface area contributed by atoms with Crippen molar-refractivity contribution < 1.29 is 13.5 Å². The van der Waals surface area contributed by atoms with E-state index < -0.39 is 20.7 Å². The standard InChI is InChI=1S/C11H19ClN2O3S/c1-7-10(12)8(14(4)13-7)6-9(15)11(2,3)18(5,16)17/h9,15H,6H2,1-5H3. The Morgan fingerprint density at radius 2 is 2.00 bits per heavy atom. The van der Waals surface area contributed by atoms with E-state index in [0.29, 0.717) is 16.4 Å². The molecule has 5 nitrogen and oxygen atoms in total. The summed E-state index contributed by atoms with van der Waals surface area (Å²) in [4.78, 5) is 0. The van der Waals surface area contributed by atoms with Crippen LogP contribution in [0.3, 0.4) is 0 Å². The topological polar surface area (TPSA) is 72.2 Å². The van der Waals surface area contributed by atoms with Gasteiger partial charge < -0.3 is 5.11 Å². The van der Waals surface area contributed by atoms with Crippen molar-refractivity contribution in [3.8, 4) is 0 Å². The molecule has 1 N–H and O–H groups in total. The van der Waals surface area contributed by atoms with Gasteiger partial charge in [-0.2, -0.15) is 5.10 Å². The Kier molecular flexibility index (Phi) is 4.15. The Bertz CT molecular complexity index is 549. The highest BCUT2D eigenvalue weighted by molar-refractivity contribution is 7.92. The molecule has 1 aromatic heterocycles. The van der Waals surface area contributed by atoms with Crippen molar-refractivity contribution in [1.82, 2.24) is 9.78 Å². The molecule has 0 radical (unpaired) electrons. The second-order valence-corrected chi connectivity index (χ2v) is 8.04. The molecule has 18 heavy (non-hydrogen) atoms. The first-order valence-electron chi connectivity index (χ1n) is 5.54. The Balaban J connectivity index is 3.06. The third-order valence-electron chi connectivity index (χ3n) is 3.41. The van der Waals surface area contributed by atoms with E-state index in [4.69, 9.17) is 11.6 Å². The van der Waals surface area contributed by atoms with Gasteiger partial charge in [-0.1, -0.05) is 11.6 Å². The molecule has 1 rings (SSSR count). The molecule has 1 aromatic rings. The van der Waals surface area contributed by atoms with Crippen LogP contribution in [0.25, 0.3) is 0 Å². The second-order valence-electron chi connectivity index (χ2n) is 5.07. The fraction of sp³-hybridized carbons (Fsp3) is 0.727. The Morgan fingerprint density at radius 3 is 2.33 bits per heavy atom. The highest BCUT2D eigenvalue weighted by atomic mass is 35.5. The van der Waals surface area contributed by atoms with Gasteiger partial charge in [0.15, 0.2) is 9.84 Å². The van der Waals surface area contributed by atoms with Crippen LogP contribution in [-0.4, -0.2) is 40.4 Å². The number of aliphatic hydroxyl groups excluding tert-OH is 1. The van der Waals surface area contributed by atoms with Crippen LogP contribution in [0.1, 0.15) is 25.2 Å². The minimum absolute atomic E-state index is 0.149. The maximum absolute atomic E-state index is 11.6. The first kappa shape index (κ1) is 15.5. The third kappa shape index (κ3) is 2.70. The lowest BCUT2D eigenvalue weighted by atomic mass is 10.0. The molecule has 0 saturated heterocycles. The molecule has 104 valence electrons. The number of aryl methyl sites for hydroxylation is 2. The Hall–Kier alpha value is -0.590. The summed E-state index contributed by atoms with van der Waals surface area (Å²) in [6, 6.07) is 0. The molecule has 7 heteroatoms. The van der Waals surface area contributed by atoms with Crippen LogP contribution in [0.15, 0.2) is 0 Å². The normalized spacial score (nSPS) is 14.8. The summed E-state index contributed by atoms with van der Waals surface area (Å²) < 4.78 is 23.6. The first-order chi connectivity index (χ1) is 7.98. The van der Waals surface area contributed by atoms with Gasteiger partial charge in [-0.25, -0.2) is 8.42 Å². The van der Waals surface area contributed by atoms with Crippen molar-refractivity contribution in [2.45, 2.75) is 38.0 Å². The summed E-state index contributed by atoms with van der Waals surface area (Å²) in [5.74, 6) is 0. The zero-order valence-electron chi connectivity index (χ0n) is 11.2. The van der Waals surface area contributed by atoms with Crippen molar-refractivity contribution in [1.29, 1.82) is 0 Å². The largest absolute Gasteiger partial charge is 0.391 e. The van der Waals surface area contributed by atoms with Crippen molar-refractivity contribution in [2.24, 2.45) is 7.05 Å². The summed E-state index contributed by atoms with van der Waals surface area (Å²) in [5, 5.41) is 14.8. The molecular formula is C11H19ClN2O3S. The zero-order valence-corrected chi connectivity index (χ0v) is 12.8. The SMILES string of the molecule is Cc1nn(C)c(CC(O)C(C)(C)S(C)(=O)=O)c1Cl. The van der Waals surface area contributed by atoms with Crippen LogP contribution >= 0.6 is 11.6 Å². The fourth-order valence-electron chi connectivity index (χ4n) is 1.58. The van der Waals surface area contributed by atoms with E-state index >= 15 is 0 Å². The fourth-order valence-corrected chi connectivity index (χ4v) is 2.39. The van der Waals surface area contributed by atoms with Gasteiger partial charge in [0.05, 0.1) is 27.3 Å². The van der Waals surface area contributed by atoms with Gasteiger partial charge in [-0.15, -0.1) is 0 Å². The van der Waals surface area contributed by atoms with Crippen LogP contribution < -0.4 is 0 Å². The predicted octanol–water partition coefficient (Wildman–Crippen LogP) is 1.11. The Morgan fingerprint density at radius 1 is 1.50 bits per heavy atom. The number of aromatic nitrogens is 2. The number of hydrogen-bond donors (Lipinski definition) is 1. The quantitative estimate of drug-likeness (QED) is 0.903. The average molecular weight is 295 g/mol. The molecule has 0 aliphatic heterocycles. The lowest BCUT2D eigenvalue weighted by Crippen LogP contribution is -2.44. The summed E-state index contributed by atoms with van der Waals surface area (Å²) >= 11 is 6.08. The lowest BCUT2D eigenvalue weighted by molar-refractivity contribution is 0.135. The van der Waals surface area contributed by atoms with Crippen LogP contribution in [0.2, 0.25) is 5.02 Å². The van der Waals surface area contributed by atoms with Gasteiger partial charge in [0.1, 0.15) is 0 Å². The summed E-state index contributed by atoms with van der Waals surface area (Å²) in [5.41, 5.74) is 1.30. The molecule has 1 atom stereocenters. The molecule has 0 saturated carbocycles. The van der Waals surface area contributed by atoms with E-state index in [-0.39, 0.29) is 6.42 Å². The minimum atomic E-state index is -3.36. The van der Waals surface area contributed by atoms with E-state index in [1.165, 1.54) is 13.8 Å².